The number of ether oxygens (including phenoxy) is 1. The highest BCUT2D eigenvalue weighted by Gasteiger charge is 2.50. The summed E-state index contributed by atoms with van der Waals surface area (Å²) < 4.78 is 5.19. The number of hydrogen-bond donors (Lipinski definition) is 5. The molecule has 1 fully saturated rings. The minimum absolute atomic E-state index is 0.0512. The Kier molecular flexibility index (Phi) is 8.99. The van der Waals surface area contributed by atoms with E-state index in [1.54, 1.807) is 20.8 Å². The monoisotopic (exact) mass is 399 g/mol. The number of guanidine groups is 1. The SMILES string of the molecule is CC(C)[C@H](N)C(=O)C[C@@H](CO)C(=O)N[C@@H](CCCN=C(N)N)C(=O)[C@@]1(C)CO1. The highest BCUT2D eigenvalue weighted by Crippen LogP contribution is 2.29. The molecule has 160 valence electrons. The van der Waals surface area contributed by atoms with E-state index in [2.05, 4.69) is 10.3 Å². The molecule has 1 aliphatic rings. The second kappa shape index (κ2) is 10.5. The quantitative estimate of drug-likeness (QED) is 0.106. The zero-order valence-corrected chi connectivity index (χ0v) is 16.8. The van der Waals surface area contributed by atoms with E-state index in [-0.39, 0.29) is 36.5 Å². The lowest BCUT2D eigenvalue weighted by molar-refractivity contribution is -0.135. The maximum Gasteiger partial charge on any atom is 0.226 e. The van der Waals surface area contributed by atoms with Gasteiger partial charge in [0.1, 0.15) is 5.60 Å². The summed E-state index contributed by atoms with van der Waals surface area (Å²) in [6, 6.07) is -1.53. The van der Waals surface area contributed by atoms with Gasteiger partial charge in [-0.05, 0) is 25.7 Å². The van der Waals surface area contributed by atoms with Gasteiger partial charge in [-0.25, -0.2) is 0 Å². The van der Waals surface area contributed by atoms with Crippen molar-refractivity contribution < 1.29 is 24.2 Å². The van der Waals surface area contributed by atoms with Gasteiger partial charge in [0.25, 0.3) is 0 Å². The minimum atomic E-state index is -0.974. The molecule has 4 atom stereocenters. The Morgan fingerprint density at radius 1 is 1.29 bits per heavy atom. The normalized spacial score (nSPS) is 21.5. The van der Waals surface area contributed by atoms with E-state index in [0.29, 0.717) is 19.4 Å². The number of Topliss-reactive ketones (excluding diaryl/α,β-unsaturated/α-hetero) is 2. The Morgan fingerprint density at radius 2 is 1.89 bits per heavy atom. The van der Waals surface area contributed by atoms with Gasteiger partial charge in [0.05, 0.1) is 31.2 Å². The molecule has 1 heterocycles. The highest BCUT2D eigenvalue weighted by molar-refractivity contribution is 5.97. The van der Waals surface area contributed by atoms with Gasteiger partial charge in [-0.2, -0.15) is 0 Å². The summed E-state index contributed by atoms with van der Waals surface area (Å²) in [4.78, 5) is 41.3. The van der Waals surface area contributed by atoms with Gasteiger partial charge >= 0.3 is 0 Å². The number of amides is 1. The van der Waals surface area contributed by atoms with Gasteiger partial charge in [-0.3, -0.25) is 19.4 Å². The number of carbonyl (C=O) groups excluding carboxylic acids is 3. The Balaban J connectivity index is 2.75. The Bertz CT molecular complexity index is 599. The highest BCUT2D eigenvalue weighted by atomic mass is 16.6. The lowest BCUT2D eigenvalue weighted by Gasteiger charge is -2.23. The topological polar surface area (TPSA) is 186 Å². The molecule has 0 unspecified atom stereocenters. The molecule has 0 bridgehead atoms. The van der Waals surface area contributed by atoms with Crippen LogP contribution in [0.3, 0.4) is 0 Å². The lowest BCUT2D eigenvalue weighted by Crippen LogP contribution is -2.49. The molecule has 0 aliphatic carbocycles. The van der Waals surface area contributed by atoms with Gasteiger partial charge in [0.15, 0.2) is 17.5 Å². The molecule has 28 heavy (non-hydrogen) atoms. The summed E-state index contributed by atoms with van der Waals surface area (Å²) in [5.41, 5.74) is 15.5. The van der Waals surface area contributed by atoms with Crippen LogP contribution in [0.1, 0.15) is 40.0 Å². The molecule has 1 rings (SSSR count). The molecule has 8 N–H and O–H groups in total. The molecular weight excluding hydrogens is 366 g/mol. The number of nitrogens with one attached hydrogen (secondary N) is 1. The Hall–Kier alpha value is -2.04. The minimum Gasteiger partial charge on any atom is -0.396 e. The molecule has 0 radical (unpaired) electrons. The summed E-state index contributed by atoms with van der Waals surface area (Å²) >= 11 is 0. The van der Waals surface area contributed by atoms with Gasteiger partial charge in [-0.15, -0.1) is 0 Å². The van der Waals surface area contributed by atoms with Crippen molar-refractivity contribution in [3.05, 3.63) is 0 Å². The third-order valence-electron chi connectivity index (χ3n) is 4.81. The first-order valence-electron chi connectivity index (χ1n) is 9.45. The number of ketones is 2. The number of nitrogens with zero attached hydrogens (tertiary/aromatic N) is 1. The van der Waals surface area contributed by atoms with Crippen LogP contribution in [-0.2, 0) is 19.1 Å². The van der Waals surface area contributed by atoms with E-state index in [9.17, 15) is 19.5 Å². The average Bonchev–Trinajstić information content (AvgIpc) is 3.38. The second-order valence-corrected chi connectivity index (χ2v) is 7.71. The number of aliphatic hydroxyl groups is 1. The molecule has 0 saturated carbocycles. The zero-order valence-electron chi connectivity index (χ0n) is 16.8. The van der Waals surface area contributed by atoms with E-state index in [4.69, 9.17) is 21.9 Å². The zero-order chi connectivity index (χ0) is 21.5. The third kappa shape index (κ3) is 7.17. The Labute approximate surface area is 165 Å². The molecule has 1 saturated heterocycles. The van der Waals surface area contributed by atoms with E-state index >= 15 is 0 Å². The maximum atomic E-state index is 12.6. The van der Waals surface area contributed by atoms with Gasteiger partial charge in [0.2, 0.25) is 5.91 Å². The van der Waals surface area contributed by atoms with Crippen LogP contribution in [0.25, 0.3) is 0 Å². The van der Waals surface area contributed by atoms with E-state index in [1.165, 1.54) is 0 Å². The standard InChI is InChI=1S/C18H33N5O5/c1-10(2)14(19)13(25)7-11(8-24)16(27)23-12(5-4-6-22-17(20)21)15(26)18(3)9-28-18/h10-12,14,24H,4-9,19H2,1-3H3,(H,23,27)(H4,20,21,22)/t11-,12-,14-,18+/m0/s1. The van der Waals surface area contributed by atoms with Crippen LogP contribution in [0.15, 0.2) is 4.99 Å². The molecule has 0 aromatic rings. The third-order valence-corrected chi connectivity index (χ3v) is 4.81. The van der Waals surface area contributed by atoms with Crippen LogP contribution in [0, 0.1) is 11.8 Å². The molecule has 10 nitrogen and oxygen atoms in total. The van der Waals surface area contributed by atoms with Crippen molar-refractivity contribution in [3.63, 3.8) is 0 Å². The van der Waals surface area contributed by atoms with Crippen LogP contribution in [-0.4, -0.2) is 66.0 Å². The van der Waals surface area contributed by atoms with E-state index in [1.807, 2.05) is 0 Å². The van der Waals surface area contributed by atoms with Gasteiger partial charge < -0.3 is 32.4 Å². The van der Waals surface area contributed by atoms with Crippen molar-refractivity contribution in [2.24, 2.45) is 34.0 Å². The number of rotatable bonds is 13. The fourth-order valence-electron chi connectivity index (χ4n) is 2.67. The van der Waals surface area contributed by atoms with Crippen LogP contribution < -0.4 is 22.5 Å². The van der Waals surface area contributed by atoms with Gasteiger partial charge in [-0.1, -0.05) is 13.8 Å². The molecular formula is C18H33N5O5. The molecule has 0 aromatic heterocycles. The summed E-state index contributed by atoms with van der Waals surface area (Å²) in [6.45, 7) is 5.34. The largest absolute Gasteiger partial charge is 0.396 e. The van der Waals surface area contributed by atoms with Crippen molar-refractivity contribution in [1.82, 2.24) is 5.32 Å². The van der Waals surface area contributed by atoms with Crippen molar-refractivity contribution in [2.75, 3.05) is 19.8 Å². The smallest absolute Gasteiger partial charge is 0.226 e. The number of hydrogen-bond acceptors (Lipinski definition) is 7. The van der Waals surface area contributed by atoms with Crippen molar-refractivity contribution in [1.29, 1.82) is 0 Å². The summed E-state index contributed by atoms with van der Waals surface area (Å²) in [5, 5.41) is 12.2. The fourth-order valence-corrected chi connectivity index (χ4v) is 2.67. The summed E-state index contributed by atoms with van der Waals surface area (Å²) in [6.07, 6.45) is 0.577. The van der Waals surface area contributed by atoms with Crippen LogP contribution in [0.5, 0.6) is 0 Å². The molecule has 0 spiro atoms. The first-order chi connectivity index (χ1) is 13.0. The number of nitrogens with two attached hydrogens (primary N) is 3. The maximum absolute atomic E-state index is 12.6. The molecule has 0 aromatic carbocycles. The number of aliphatic hydroxyl groups excluding tert-OH is 1. The second-order valence-electron chi connectivity index (χ2n) is 7.71. The molecule has 1 aliphatic heterocycles. The number of epoxide rings is 1. The Morgan fingerprint density at radius 3 is 2.36 bits per heavy atom. The summed E-state index contributed by atoms with van der Waals surface area (Å²) in [5.74, 6) is -2.24. The number of aliphatic imine (C=N–C) groups is 1. The first-order valence-corrected chi connectivity index (χ1v) is 9.45. The van der Waals surface area contributed by atoms with E-state index < -0.39 is 36.1 Å². The van der Waals surface area contributed by atoms with E-state index in [0.717, 1.165) is 0 Å². The van der Waals surface area contributed by atoms with Crippen molar-refractivity contribution in [2.45, 2.75) is 57.7 Å². The van der Waals surface area contributed by atoms with Crippen LogP contribution in [0.4, 0.5) is 0 Å². The van der Waals surface area contributed by atoms with Crippen molar-refractivity contribution >= 4 is 23.4 Å². The first kappa shape index (κ1) is 24.0. The predicted octanol–water partition coefficient (Wildman–Crippen LogP) is -1.57. The lowest BCUT2D eigenvalue weighted by atomic mass is 9.92. The predicted molar refractivity (Wildman–Crippen MR) is 104 cm³/mol. The van der Waals surface area contributed by atoms with Crippen molar-refractivity contribution in [3.8, 4) is 0 Å². The van der Waals surface area contributed by atoms with Gasteiger partial charge in [0, 0.05) is 13.0 Å². The fraction of sp³-hybridized carbons (Fsp3) is 0.778. The van der Waals surface area contributed by atoms with Crippen LogP contribution in [0.2, 0.25) is 0 Å². The number of carbonyl (C=O) groups is 3. The average molecular weight is 399 g/mol. The summed E-state index contributed by atoms with van der Waals surface area (Å²) in [7, 11) is 0. The molecule has 1 amide bonds. The molecule has 10 heteroatoms. The van der Waals surface area contributed by atoms with Crippen LogP contribution >= 0.6 is 0 Å².